The Hall–Kier alpha value is -1.93. The molecule has 25 heavy (non-hydrogen) atoms. The zero-order chi connectivity index (χ0) is 19.0. The molecule has 8 heteroatoms. The van der Waals surface area contributed by atoms with E-state index in [4.69, 9.17) is 4.74 Å². The molecule has 0 fully saturated rings. The molecule has 1 heterocycles. The Kier molecular flexibility index (Phi) is 8.05. The molecule has 0 radical (unpaired) electrons. The number of hydrogen-bond donors (Lipinski definition) is 2. The van der Waals surface area contributed by atoms with Crippen LogP contribution in [0.2, 0.25) is 0 Å². The van der Waals surface area contributed by atoms with Crippen molar-refractivity contribution in [2.24, 2.45) is 9.98 Å². The second-order valence-corrected chi connectivity index (χ2v) is 6.74. The van der Waals surface area contributed by atoms with Gasteiger partial charge in [-0.05, 0) is 20.8 Å². The van der Waals surface area contributed by atoms with Crippen LogP contribution in [0.5, 0.6) is 0 Å². The van der Waals surface area contributed by atoms with Gasteiger partial charge in [-0.3, -0.25) is 14.8 Å². The first-order valence-electron chi connectivity index (χ1n) is 7.85. The Balaban J connectivity index is 2.73. The molecule has 0 aromatic heterocycles. The van der Waals surface area contributed by atoms with E-state index in [1.165, 1.54) is 24.9 Å². The molecule has 7 nitrogen and oxygen atoms in total. The third-order valence-corrected chi connectivity index (χ3v) is 4.76. The maximum atomic E-state index is 11.8. The third kappa shape index (κ3) is 6.13. The number of carbonyl (C=O) groups excluding carboxylic acids is 2. The summed E-state index contributed by atoms with van der Waals surface area (Å²) in [4.78, 5) is 32.4. The van der Waals surface area contributed by atoms with Crippen molar-refractivity contribution >= 4 is 34.4 Å². The minimum absolute atomic E-state index is 0.0344. The number of amides is 1. The molecular weight excluding hydrogens is 342 g/mol. The van der Waals surface area contributed by atoms with Crippen LogP contribution in [0.15, 0.2) is 34.4 Å². The van der Waals surface area contributed by atoms with Gasteiger partial charge in [-0.25, -0.2) is 4.79 Å². The van der Waals surface area contributed by atoms with E-state index in [0.717, 1.165) is 0 Å². The fourth-order valence-electron chi connectivity index (χ4n) is 2.01. The highest BCUT2D eigenvalue weighted by Gasteiger charge is 2.40. The Morgan fingerprint density at radius 1 is 1.60 bits per heavy atom. The van der Waals surface area contributed by atoms with Crippen LogP contribution in [0.4, 0.5) is 0 Å². The predicted molar refractivity (Wildman–Crippen MR) is 101 cm³/mol. The van der Waals surface area contributed by atoms with Crippen LogP contribution in [-0.4, -0.2) is 58.8 Å². The average molecular weight is 367 g/mol. The number of thioether (sulfide) groups is 1. The summed E-state index contributed by atoms with van der Waals surface area (Å²) in [5.41, 5.74) is 0.432. The number of aliphatic imine (C=N–C) groups is 2. The van der Waals surface area contributed by atoms with Crippen molar-refractivity contribution in [3.05, 3.63) is 24.4 Å². The van der Waals surface area contributed by atoms with Crippen molar-refractivity contribution in [2.45, 2.75) is 38.8 Å². The molecule has 0 spiro atoms. The predicted octanol–water partition coefficient (Wildman–Crippen LogP) is 1.48. The first-order valence-corrected chi connectivity index (χ1v) is 8.83. The fraction of sp³-hybridized carbons (Fsp3) is 0.529. The van der Waals surface area contributed by atoms with Gasteiger partial charge in [0.15, 0.2) is 5.54 Å². The maximum absolute atomic E-state index is 11.8. The largest absolute Gasteiger partial charge is 0.467 e. The van der Waals surface area contributed by atoms with Crippen LogP contribution in [0, 0.1) is 0 Å². The first kappa shape index (κ1) is 21.1. The van der Waals surface area contributed by atoms with Gasteiger partial charge in [0.05, 0.1) is 31.9 Å². The Morgan fingerprint density at radius 3 is 2.84 bits per heavy atom. The molecule has 138 valence electrons. The highest BCUT2D eigenvalue weighted by Crippen LogP contribution is 2.32. The zero-order valence-corrected chi connectivity index (χ0v) is 15.9. The Bertz CT molecular complexity index is 627. The molecule has 0 aliphatic carbocycles. The number of aliphatic hydroxyl groups is 1. The summed E-state index contributed by atoms with van der Waals surface area (Å²) in [6.45, 7) is 9.03. The minimum Gasteiger partial charge on any atom is -0.467 e. The van der Waals surface area contributed by atoms with E-state index >= 15 is 0 Å². The average Bonchev–Trinajstić information content (AvgIpc) is 3.00. The van der Waals surface area contributed by atoms with E-state index < -0.39 is 11.6 Å². The highest BCUT2D eigenvalue weighted by molar-refractivity contribution is 8.14. The zero-order valence-electron chi connectivity index (χ0n) is 15.0. The molecule has 0 saturated heterocycles. The van der Waals surface area contributed by atoms with Crippen molar-refractivity contribution in [1.29, 1.82) is 0 Å². The molecule has 2 atom stereocenters. The molecule has 0 saturated carbocycles. The van der Waals surface area contributed by atoms with E-state index in [9.17, 15) is 14.7 Å². The van der Waals surface area contributed by atoms with Crippen molar-refractivity contribution in [3.63, 3.8) is 0 Å². The summed E-state index contributed by atoms with van der Waals surface area (Å²) in [6.07, 6.45) is 2.23. The molecule has 0 aromatic carbocycles. The summed E-state index contributed by atoms with van der Waals surface area (Å²) < 4.78 is 4.80. The number of ether oxygens (including phenoxy) is 1. The molecule has 1 aliphatic rings. The number of methoxy groups -OCH3 is 1. The van der Waals surface area contributed by atoms with E-state index in [1.54, 1.807) is 13.8 Å². The van der Waals surface area contributed by atoms with E-state index in [0.29, 0.717) is 22.2 Å². The van der Waals surface area contributed by atoms with Gasteiger partial charge in [-0.2, -0.15) is 0 Å². The lowest BCUT2D eigenvalue weighted by Gasteiger charge is -2.15. The molecule has 1 unspecified atom stereocenters. The number of allylic oxidation sites excluding steroid dienone is 1. The second-order valence-electron chi connectivity index (χ2n) is 5.78. The molecule has 1 amide bonds. The van der Waals surface area contributed by atoms with Gasteiger partial charge in [0.25, 0.3) is 0 Å². The monoisotopic (exact) mass is 367 g/mol. The van der Waals surface area contributed by atoms with Crippen LogP contribution < -0.4 is 5.32 Å². The number of carbonyl (C=O) groups is 2. The van der Waals surface area contributed by atoms with Gasteiger partial charge >= 0.3 is 5.97 Å². The summed E-state index contributed by atoms with van der Waals surface area (Å²) in [5, 5.41) is 12.7. The Labute approximate surface area is 152 Å². The van der Waals surface area contributed by atoms with Crippen LogP contribution in [0.3, 0.4) is 0 Å². The quantitative estimate of drug-likeness (QED) is 0.384. The lowest BCUT2D eigenvalue weighted by atomic mass is 10.1. The standard InChI is InChI=1S/C17H25N3O4S/c1-6-12(21)8-14(22)18-9-11(3)19-13(7-2)15-20-17(4,10-25-15)16(23)24-5/h6-7,12,21H,1,8-10H2,2-5H3,(H,18,22)/b13-7-,19-11?/t12?,17-/m0/s1. The number of nitrogens with zero attached hydrogens (tertiary/aromatic N) is 2. The van der Waals surface area contributed by atoms with Crippen molar-refractivity contribution in [1.82, 2.24) is 5.32 Å². The summed E-state index contributed by atoms with van der Waals surface area (Å²) >= 11 is 1.45. The number of esters is 1. The molecule has 0 bridgehead atoms. The third-order valence-electron chi connectivity index (χ3n) is 3.48. The highest BCUT2D eigenvalue weighted by atomic mass is 32.2. The van der Waals surface area contributed by atoms with Crippen LogP contribution in [0.25, 0.3) is 0 Å². The van der Waals surface area contributed by atoms with Crippen LogP contribution in [-0.2, 0) is 14.3 Å². The van der Waals surface area contributed by atoms with Gasteiger partial charge in [0.1, 0.15) is 5.04 Å². The Morgan fingerprint density at radius 2 is 2.28 bits per heavy atom. The van der Waals surface area contributed by atoms with Crippen LogP contribution >= 0.6 is 11.8 Å². The fourth-order valence-corrected chi connectivity index (χ4v) is 3.18. The number of aliphatic hydroxyl groups excluding tert-OH is 1. The normalized spacial score (nSPS) is 22.2. The van der Waals surface area contributed by atoms with E-state index in [-0.39, 0.29) is 24.8 Å². The van der Waals surface area contributed by atoms with Gasteiger partial charge in [0, 0.05) is 11.5 Å². The lowest BCUT2D eigenvalue weighted by Crippen LogP contribution is -2.34. The van der Waals surface area contributed by atoms with E-state index in [1.807, 2.05) is 13.0 Å². The van der Waals surface area contributed by atoms with Gasteiger partial charge in [0.2, 0.25) is 5.91 Å². The summed E-state index contributed by atoms with van der Waals surface area (Å²) in [7, 11) is 1.34. The van der Waals surface area contributed by atoms with Crippen LogP contribution in [0.1, 0.15) is 27.2 Å². The number of nitrogens with one attached hydrogen (secondary N) is 1. The smallest absolute Gasteiger partial charge is 0.334 e. The van der Waals surface area contributed by atoms with Gasteiger partial charge in [-0.15, -0.1) is 18.3 Å². The molecule has 2 N–H and O–H groups in total. The molecule has 0 aromatic rings. The van der Waals surface area contributed by atoms with Crippen molar-refractivity contribution in [3.8, 4) is 0 Å². The second kappa shape index (κ2) is 9.53. The van der Waals surface area contributed by atoms with Gasteiger partial charge in [-0.1, -0.05) is 12.2 Å². The summed E-state index contributed by atoms with van der Waals surface area (Å²) in [6, 6.07) is 0. The topological polar surface area (TPSA) is 100 Å². The van der Waals surface area contributed by atoms with Gasteiger partial charge < -0.3 is 15.2 Å². The lowest BCUT2D eigenvalue weighted by molar-refractivity contribution is -0.145. The maximum Gasteiger partial charge on any atom is 0.334 e. The number of hydrogen-bond acceptors (Lipinski definition) is 7. The van der Waals surface area contributed by atoms with Crippen molar-refractivity contribution in [2.75, 3.05) is 19.4 Å². The molecular formula is C17H25N3O4S. The molecule has 1 rings (SSSR count). The first-order chi connectivity index (χ1) is 11.8. The number of rotatable bonds is 8. The SMILES string of the molecule is C=CC(O)CC(=O)NCC(C)=N/C(=C\C)C1=N[C@](C)(C(=O)OC)CS1. The van der Waals surface area contributed by atoms with Crippen molar-refractivity contribution < 1.29 is 19.4 Å². The summed E-state index contributed by atoms with van der Waals surface area (Å²) in [5.74, 6) is -0.161. The minimum atomic E-state index is -0.901. The molecule has 1 aliphatic heterocycles. The van der Waals surface area contributed by atoms with E-state index in [2.05, 4.69) is 21.9 Å².